The second-order valence-electron chi connectivity index (χ2n) is 4.28. The van der Waals surface area contributed by atoms with Gasteiger partial charge in [-0.15, -0.1) is 11.6 Å². The van der Waals surface area contributed by atoms with Crippen molar-refractivity contribution < 1.29 is 4.74 Å². The SMILES string of the molecule is CC(Cl)CCc1cccc(OC2CC2)c1. The fourth-order valence-electron chi connectivity index (χ4n) is 1.52. The van der Waals surface area contributed by atoms with E-state index < -0.39 is 0 Å². The molecule has 1 aromatic carbocycles. The van der Waals surface area contributed by atoms with Gasteiger partial charge in [0.25, 0.3) is 0 Å². The number of benzene rings is 1. The average molecular weight is 225 g/mol. The normalized spacial score (nSPS) is 17.5. The maximum absolute atomic E-state index is 5.93. The molecule has 0 amide bonds. The number of ether oxygens (including phenoxy) is 1. The monoisotopic (exact) mass is 224 g/mol. The van der Waals surface area contributed by atoms with Crippen LogP contribution in [0, 0.1) is 0 Å². The van der Waals surface area contributed by atoms with Gasteiger partial charge < -0.3 is 4.74 Å². The summed E-state index contributed by atoms with van der Waals surface area (Å²) in [6.07, 6.45) is 4.96. The second kappa shape index (κ2) is 4.89. The van der Waals surface area contributed by atoms with Crippen molar-refractivity contribution in [2.75, 3.05) is 0 Å². The zero-order chi connectivity index (χ0) is 10.7. The lowest BCUT2D eigenvalue weighted by Crippen LogP contribution is -1.98. The van der Waals surface area contributed by atoms with Crippen LogP contribution in [0.25, 0.3) is 0 Å². The smallest absolute Gasteiger partial charge is 0.119 e. The first kappa shape index (κ1) is 10.8. The quantitative estimate of drug-likeness (QED) is 0.692. The van der Waals surface area contributed by atoms with Gasteiger partial charge in [0.15, 0.2) is 0 Å². The van der Waals surface area contributed by atoms with E-state index in [1.807, 2.05) is 13.0 Å². The van der Waals surface area contributed by atoms with Crippen molar-refractivity contribution in [3.63, 3.8) is 0 Å². The Bertz CT molecular complexity index is 318. The second-order valence-corrected chi connectivity index (χ2v) is 5.03. The minimum absolute atomic E-state index is 0.248. The van der Waals surface area contributed by atoms with E-state index in [-0.39, 0.29) is 5.38 Å². The summed E-state index contributed by atoms with van der Waals surface area (Å²) in [7, 11) is 0. The molecule has 1 unspecified atom stereocenters. The van der Waals surface area contributed by atoms with Crippen LogP contribution >= 0.6 is 11.6 Å². The van der Waals surface area contributed by atoms with Gasteiger partial charge in [0, 0.05) is 5.38 Å². The van der Waals surface area contributed by atoms with Crippen molar-refractivity contribution in [1.82, 2.24) is 0 Å². The van der Waals surface area contributed by atoms with E-state index in [4.69, 9.17) is 16.3 Å². The molecule has 2 heteroatoms. The first-order valence-corrected chi connectivity index (χ1v) is 6.07. The van der Waals surface area contributed by atoms with Crippen LogP contribution in [0.3, 0.4) is 0 Å². The number of alkyl halides is 1. The molecule has 1 nitrogen and oxygen atoms in total. The predicted octanol–water partition coefficient (Wildman–Crippen LogP) is 3.79. The third-order valence-electron chi connectivity index (χ3n) is 2.56. The molecular formula is C13H17ClO. The minimum atomic E-state index is 0.248. The summed E-state index contributed by atoms with van der Waals surface area (Å²) in [5.74, 6) is 1.01. The van der Waals surface area contributed by atoms with Gasteiger partial charge >= 0.3 is 0 Å². The fourth-order valence-corrected chi connectivity index (χ4v) is 1.63. The van der Waals surface area contributed by atoms with Crippen LogP contribution in [0.5, 0.6) is 5.75 Å². The summed E-state index contributed by atoms with van der Waals surface area (Å²) in [5, 5.41) is 0.248. The van der Waals surface area contributed by atoms with Crippen LogP contribution in [-0.4, -0.2) is 11.5 Å². The molecule has 82 valence electrons. The topological polar surface area (TPSA) is 9.23 Å². The summed E-state index contributed by atoms with van der Waals surface area (Å²) >= 11 is 5.93. The zero-order valence-corrected chi connectivity index (χ0v) is 9.83. The number of hydrogen-bond donors (Lipinski definition) is 0. The largest absolute Gasteiger partial charge is 0.490 e. The summed E-state index contributed by atoms with van der Waals surface area (Å²) in [5.41, 5.74) is 1.32. The molecule has 1 aliphatic rings. The number of aryl methyl sites for hydroxylation is 1. The van der Waals surface area contributed by atoms with E-state index in [2.05, 4.69) is 18.2 Å². The summed E-state index contributed by atoms with van der Waals surface area (Å²) in [6.45, 7) is 2.03. The molecule has 1 fully saturated rings. The first-order chi connectivity index (χ1) is 7.24. The minimum Gasteiger partial charge on any atom is -0.490 e. The van der Waals surface area contributed by atoms with Gasteiger partial charge in [-0.25, -0.2) is 0 Å². The van der Waals surface area contributed by atoms with Crippen molar-refractivity contribution in [2.45, 2.75) is 44.1 Å². The predicted molar refractivity (Wildman–Crippen MR) is 63.7 cm³/mol. The van der Waals surface area contributed by atoms with Crippen LogP contribution in [-0.2, 0) is 6.42 Å². The van der Waals surface area contributed by atoms with Gasteiger partial charge in [-0.05, 0) is 50.3 Å². The molecule has 1 saturated carbocycles. The molecule has 1 aliphatic carbocycles. The highest BCUT2D eigenvalue weighted by atomic mass is 35.5. The highest BCUT2D eigenvalue weighted by Gasteiger charge is 2.23. The van der Waals surface area contributed by atoms with E-state index in [0.29, 0.717) is 6.10 Å². The van der Waals surface area contributed by atoms with Crippen molar-refractivity contribution in [2.24, 2.45) is 0 Å². The van der Waals surface area contributed by atoms with Crippen LogP contribution in [0.2, 0.25) is 0 Å². The number of halogens is 1. The molecule has 15 heavy (non-hydrogen) atoms. The molecule has 0 bridgehead atoms. The van der Waals surface area contributed by atoms with Gasteiger partial charge in [-0.1, -0.05) is 12.1 Å². The lowest BCUT2D eigenvalue weighted by atomic mass is 10.1. The number of hydrogen-bond acceptors (Lipinski definition) is 1. The zero-order valence-electron chi connectivity index (χ0n) is 9.08. The third-order valence-corrected chi connectivity index (χ3v) is 2.77. The maximum atomic E-state index is 5.93. The van der Waals surface area contributed by atoms with E-state index in [0.717, 1.165) is 18.6 Å². The number of rotatable bonds is 5. The molecule has 0 saturated heterocycles. The lowest BCUT2D eigenvalue weighted by molar-refractivity contribution is 0.303. The van der Waals surface area contributed by atoms with Gasteiger partial charge in [-0.2, -0.15) is 0 Å². The molecule has 0 aliphatic heterocycles. The summed E-state index contributed by atoms with van der Waals surface area (Å²) in [6, 6.07) is 8.37. The Kier molecular flexibility index (Phi) is 3.53. The molecular weight excluding hydrogens is 208 g/mol. The highest BCUT2D eigenvalue weighted by molar-refractivity contribution is 6.20. The van der Waals surface area contributed by atoms with Crippen LogP contribution < -0.4 is 4.74 Å². The van der Waals surface area contributed by atoms with Crippen molar-refractivity contribution in [1.29, 1.82) is 0 Å². The summed E-state index contributed by atoms with van der Waals surface area (Å²) < 4.78 is 5.74. The Morgan fingerprint density at radius 1 is 1.47 bits per heavy atom. The average Bonchev–Trinajstić information content (AvgIpc) is 2.99. The lowest BCUT2D eigenvalue weighted by Gasteiger charge is -2.07. The first-order valence-electron chi connectivity index (χ1n) is 5.64. The van der Waals surface area contributed by atoms with E-state index in [1.54, 1.807) is 0 Å². The van der Waals surface area contributed by atoms with Crippen molar-refractivity contribution in [3.8, 4) is 5.75 Å². The van der Waals surface area contributed by atoms with Gasteiger partial charge in [-0.3, -0.25) is 0 Å². The van der Waals surface area contributed by atoms with E-state index in [1.165, 1.54) is 18.4 Å². The molecule has 0 N–H and O–H groups in total. The Morgan fingerprint density at radius 3 is 2.93 bits per heavy atom. The third kappa shape index (κ3) is 3.75. The maximum Gasteiger partial charge on any atom is 0.119 e. The Labute approximate surface area is 96.4 Å². The Hall–Kier alpha value is -0.690. The van der Waals surface area contributed by atoms with Gasteiger partial charge in [0.2, 0.25) is 0 Å². The Morgan fingerprint density at radius 2 is 2.27 bits per heavy atom. The molecule has 2 rings (SSSR count). The van der Waals surface area contributed by atoms with E-state index in [9.17, 15) is 0 Å². The van der Waals surface area contributed by atoms with Crippen molar-refractivity contribution in [3.05, 3.63) is 29.8 Å². The molecule has 0 heterocycles. The van der Waals surface area contributed by atoms with E-state index >= 15 is 0 Å². The van der Waals surface area contributed by atoms with Gasteiger partial charge in [0.1, 0.15) is 5.75 Å². The fraction of sp³-hybridized carbons (Fsp3) is 0.538. The standard InChI is InChI=1S/C13H17ClO/c1-10(14)5-6-11-3-2-4-13(9-11)15-12-7-8-12/h2-4,9-10,12H,5-8H2,1H3. The molecule has 0 aromatic heterocycles. The van der Waals surface area contributed by atoms with Crippen LogP contribution in [0.15, 0.2) is 24.3 Å². The highest BCUT2D eigenvalue weighted by Crippen LogP contribution is 2.27. The van der Waals surface area contributed by atoms with Crippen molar-refractivity contribution >= 4 is 11.6 Å². The summed E-state index contributed by atoms with van der Waals surface area (Å²) in [4.78, 5) is 0. The van der Waals surface area contributed by atoms with Gasteiger partial charge in [0.05, 0.1) is 6.10 Å². The van der Waals surface area contributed by atoms with Crippen LogP contribution in [0.1, 0.15) is 31.7 Å². The molecule has 0 spiro atoms. The molecule has 1 aromatic rings. The van der Waals surface area contributed by atoms with Crippen LogP contribution in [0.4, 0.5) is 0 Å². The molecule has 0 radical (unpaired) electrons. The Balaban J connectivity index is 1.92. The molecule has 1 atom stereocenters.